The molecule has 0 aromatic heterocycles. The SMILES string of the molecule is COCCCNS(=O)(=O)c1cc(CNC2CC2)ccc1C. The Labute approximate surface area is 127 Å². The fraction of sp³-hybridized carbons (Fsp3) is 0.600. The minimum absolute atomic E-state index is 0.370. The zero-order valence-electron chi connectivity index (χ0n) is 12.7. The highest BCUT2D eigenvalue weighted by Gasteiger charge is 2.21. The molecule has 21 heavy (non-hydrogen) atoms. The molecule has 5 nitrogen and oxygen atoms in total. The van der Waals surface area contributed by atoms with Crippen LogP contribution in [-0.4, -0.2) is 34.7 Å². The van der Waals surface area contributed by atoms with Crippen molar-refractivity contribution in [2.24, 2.45) is 0 Å². The second-order valence-corrected chi connectivity index (χ2v) is 7.23. The van der Waals surface area contributed by atoms with Crippen LogP contribution < -0.4 is 10.0 Å². The summed E-state index contributed by atoms with van der Waals surface area (Å²) in [5, 5.41) is 3.40. The number of rotatable bonds is 9. The fourth-order valence-corrected chi connectivity index (χ4v) is 3.46. The van der Waals surface area contributed by atoms with Gasteiger partial charge in [0.25, 0.3) is 0 Å². The van der Waals surface area contributed by atoms with Crippen LogP contribution in [-0.2, 0) is 21.3 Å². The molecular formula is C15H24N2O3S. The van der Waals surface area contributed by atoms with Gasteiger partial charge in [0.1, 0.15) is 0 Å². The molecule has 6 heteroatoms. The van der Waals surface area contributed by atoms with Gasteiger partial charge in [0.2, 0.25) is 10.0 Å². The van der Waals surface area contributed by atoms with Gasteiger partial charge >= 0.3 is 0 Å². The van der Waals surface area contributed by atoms with E-state index in [0.29, 0.717) is 30.5 Å². The minimum atomic E-state index is -3.45. The third kappa shape index (κ3) is 5.07. The summed E-state index contributed by atoms with van der Waals surface area (Å²) in [6, 6.07) is 6.23. The zero-order chi connectivity index (χ0) is 15.3. The average Bonchev–Trinajstić information content (AvgIpc) is 3.27. The average molecular weight is 312 g/mol. The van der Waals surface area contributed by atoms with E-state index in [2.05, 4.69) is 10.0 Å². The molecule has 2 N–H and O–H groups in total. The maximum absolute atomic E-state index is 12.3. The minimum Gasteiger partial charge on any atom is -0.385 e. The first-order chi connectivity index (χ1) is 10.0. The fourth-order valence-electron chi connectivity index (χ4n) is 2.09. The quantitative estimate of drug-likeness (QED) is 0.679. The molecule has 0 spiro atoms. The highest BCUT2D eigenvalue weighted by Crippen LogP contribution is 2.21. The first kappa shape index (κ1) is 16.4. The van der Waals surface area contributed by atoms with E-state index in [9.17, 15) is 8.42 Å². The van der Waals surface area contributed by atoms with Crippen molar-refractivity contribution in [1.29, 1.82) is 0 Å². The van der Waals surface area contributed by atoms with E-state index < -0.39 is 10.0 Å². The largest absolute Gasteiger partial charge is 0.385 e. The summed E-state index contributed by atoms with van der Waals surface area (Å²) in [4.78, 5) is 0.370. The summed E-state index contributed by atoms with van der Waals surface area (Å²) in [5.41, 5.74) is 1.77. The first-order valence-corrected chi connectivity index (χ1v) is 8.83. The predicted molar refractivity (Wildman–Crippen MR) is 82.7 cm³/mol. The number of hydrogen-bond donors (Lipinski definition) is 2. The van der Waals surface area contributed by atoms with Gasteiger partial charge in [0, 0.05) is 32.8 Å². The van der Waals surface area contributed by atoms with Crippen molar-refractivity contribution in [1.82, 2.24) is 10.0 Å². The zero-order valence-corrected chi connectivity index (χ0v) is 13.5. The number of nitrogens with one attached hydrogen (secondary N) is 2. The number of sulfonamides is 1. The van der Waals surface area contributed by atoms with Crippen molar-refractivity contribution >= 4 is 10.0 Å². The Balaban J connectivity index is 2.03. The van der Waals surface area contributed by atoms with Crippen LogP contribution in [0.5, 0.6) is 0 Å². The summed E-state index contributed by atoms with van der Waals surface area (Å²) in [7, 11) is -1.84. The van der Waals surface area contributed by atoms with Crippen molar-refractivity contribution in [2.75, 3.05) is 20.3 Å². The van der Waals surface area contributed by atoms with E-state index in [1.54, 1.807) is 13.2 Å². The highest BCUT2D eigenvalue weighted by molar-refractivity contribution is 7.89. The van der Waals surface area contributed by atoms with Crippen molar-refractivity contribution in [2.45, 2.75) is 43.7 Å². The molecule has 0 saturated heterocycles. The summed E-state index contributed by atoms with van der Waals surface area (Å²) in [6.07, 6.45) is 3.11. The summed E-state index contributed by atoms with van der Waals surface area (Å²) in [6.45, 7) is 3.48. The van der Waals surface area contributed by atoms with E-state index in [4.69, 9.17) is 4.74 Å². The van der Waals surface area contributed by atoms with Crippen LogP contribution in [0.15, 0.2) is 23.1 Å². The molecule has 1 saturated carbocycles. The molecule has 1 aromatic rings. The van der Waals surface area contributed by atoms with Crippen LogP contribution in [0.25, 0.3) is 0 Å². The second kappa shape index (κ2) is 7.35. The van der Waals surface area contributed by atoms with E-state index in [1.807, 2.05) is 19.1 Å². The Morgan fingerprint density at radius 3 is 2.76 bits per heavy atom. The third-order valence-electron chi connectivity index (χ3n) is 3.53. The lowest BCUT2D eigenvalue weighted by Crippen LogP contribution is -2.26. The Bertz CT molecular complexity index is 568. The smallest absolute Gasteiger partial charge is 0.240 e. The van der Waals surface area contributed by atoms with Crippen molar-refractivity contribution < 1.29 is 13.2 Å². The molecule has 1 fully saturated rings. The normalized spacial score (nSPS) is 15.3. The lowest BCUT2D eigenvalue weighted by Gasteiger charge is -2.11. The molecule has 118 valence electrons. The lowest BCUT2D eigenvalue weighted by atomic mass is 10.1. The van der Waals surface area contributed by atoms with Crippen LogP contribution in [0.3, 0.4) is 0 Å². The molecule has 0 atom stereocenters. The van der Waals surface area contributed by atoms with Crippen molar-refractivity contribution in [3.63, 3.8) is 0 Å². The van der Waals surface area contributed by atoms with Gasteiger partial charge in [-0.1, -0.05) is 12.1 Å². The van der Waals surface area contributed by atoms with Gasteiger partial charge in [-0.15, -0.1) is 0 Å². The number of ether oxygens (including phenoxy) is 1. The number of aryl methyl sites for hydroxylation is 1. The summed E-state index contributed by atoms with van der Waals surface area (Å²) in [5.74, 6) is 0. The molecule has 1 aliphatic carbocycles. The molecule has 0 amide bonds. The molecule has 0 bridgehead atoms. The third-order valence-corrected chi connectivity index (χ3v) is 5.13. The van der Waals surface area contributed by atoms with Crippen LogP contribution in [0.2, 0.25) is 0 Å². The van der Waals surface area contributed by atoms with Gasteiger partial charge in [-0.25, -0.2) is 13.1 Å². The predicted octanol–water partition coefficient (Wildman–Crippen LogP) is 1.56. The van der Waals surface area contributed by atoms with Gasteiger partial charge in [-0.3, -0.25) is 0 Å². The monoisotopic (exact) mass is 312 g/mol. The van der Waals surface area contributed by atoms with Gasteiger partial charge in [0.15, 0.2) is 0 Å². The Hall–Kier alpha value is -0.950. The molecule has 0 heterocycles. The topological polar surface area (TPSA) is 67.4 Å². The molecule has 0 radical (unpaired) electrons. The Morgan fingerprint density at radius 1 is 1.33 bits per heavy atom. The van der Waals surface area contributed by atoms with Gasteiger partial charge in [-0.05, 0) is 43.4 Å². The highest BCUT2D eigenvalue weighted by atomic mass is 32.2. The van der Waals surface area contributed by atoms with E-state index >= 15 is 0 Å². The summed E-state index contributed by atoms with van der Waals surface area (Å²) < 4.78 is 32.2. The maximum atomic E-state index is 12.3. The van der Waals surface area contributed by atoms with Gasteiger partial charge in [0.05, 0.1) is 4.90 Å². The Morgan fingerprint density at radius 2 is 2.10 bits per heavy atom. The summed E-state index contributed by atoms with van der Waals surface area (Å²) >= 11 is 0. The number of benzene rings is 1. The number of methoxy groups -OCH3 is 1. The first-order valence-electron chi connectivity index (χ1n) is 7.34. The van der Waals surface area contributed by atoms with Crippen LogP contribution in [0.1, 0.15) is 30.4 Å². The van der Waals surface area contributed by atoms with E-state index in [1.165, 1.54) is 12.8 Å². The molecule has 1 aliphatic rings. The molecule has 0 aliphatic heterocycles. The maximum Gasteiger partial charge on any atom is 0.240 e. The van der Waals surface area contributed by atoms with Crippen LogP contribution in [0, 0.1) is 6.92 Å². The van der Waals surface area contributed by atoms with Gasteiger partial charge < -0.3 is 10.1 Å². The van der Waals surface area contributed by atoms with Crippen molar-refractivity contribution in [3.05, 3.63) is 29.3 Å². The number of hydrogen-bond acceptors (Lipinski definition) is 4. The van der Waals surface area contributed by atoms with E-state index in [-0.39, 0.29) is 0 Å². The molecule has 1 aromatic carbocycles. The molecular weight excluding hydrogens is 288 g/mol. The van der Waals surface area contributed by atoms with Crippen LogP contribution >= 0.6 is 0 Å². The lowest BCUT2D eigenvalue weighted by molar-refractivity contribution is 0.196. The van der Waals surface area contributed by atoms with Crippen LogP contribution in [0.4, 0.5) is 0 Å². The van der Waals surface area contributed by atoms with Crippen molar-refractivity contribution in [3.8, 4) is 0 Å². The Kier molecular flexibility index (Phi) is 5.75. The second-order valence-electron chi connectivity index (χ2n) is 5.50. The molecule has 0 unspecified atom stereocenters. The standard InChI is InChI=1S/C15H24N2O3S/c1-12-4-5-13(11-16-14-6-7-14)10-15(12)21(18,19)17-8-3-9-20-2/h4-5,10,14,16-17H,3,6-9,11H2,1-2H3. The van der Waals surface area contributed by atoms with Gasteiger partial charge in [-0.2, -0.15) is 0 Å². The molecule has 2 rings (SSSR count). The van der Waals surface area contributed by atoms with E-state index in [0.717, 1.165) is 17.7 Å².